The molecule has 3 rings (SSSR count). The lowest BCUT2D eigenvalue weighted by atomic mass is 10.2. The van der Waals surface area contributed by atoms with Crippen molar-refractivity contribution < 1.29 is 23.6 Å². The summed E-state index contributed by atoms with van der Waals surface area (Å²) in [4.78, 5) is 28.2. The van der Waals surface area contributed by atoms with Gasteiger partial charge in [0.05, 0.1) is 14.2 Å². The van der Waals surface area contributed by atoms with Crippen molar-refractivity contribution in [3.8, 4) is 22.9 Å². The predicted molar refractivity (Wildman–Crippen MR) is 104 cm³/mol. The molecule has 0 aliphatic carbocycles. The van der Waals surface area contributed by atoms with Crippen LogP contribution in [0.3, 0.4) is 0 Å². The fourth-order valence-corrected chi connectivity index (χ4v) is 2.53. The number of benzene rings is 2. The number of methoxy groups -OCH3 is 2. The number of nitrogens with one attached hydrogen (secondary N) is 2. The first-order valence-corrected chi connectivity index (χ1v) is 8.80. The van der Waals surface area contributed by atoms with E-state index in [9.17, 15) is 9.59 Å². The molecule has 2 amide bonds. The van der Waals surface area contributed by atoms with E-state index in [1.807, 2.05) is 6.07 Å². The fraction of sp³-hybridized carbons (Fsp3) is 0.200. The van der Waals surface area contributed by atoms with Crippen molar-refractivity contribution >= 4 is 11.8 Å². The molecule has 9 heteroatoms. The van der Waals surface area contributed by atoms with Crippen molar-refractivity contribution in [2.75, 3.05) is 27.3 Å². The summed E-state index contributed by atoms with van der Waals surface area (Å²) in [6.07, 6.45) is 0. The van der Waals surface area contributed by atoms with Crippen LogP contribution in [-0.4, -0.2) is 49.3 Å². The maximum atomic E-state index is 12.2. The summed E-state index contributed by atoms with van der Waals surface area (Å²) in [6, 6.07) is 13.9. The van der Waals surface area contributed by atoms with Crippen LogP contribution in [0.5, 0.6) is 11.5 Å². The van der Waals surface area contributed by atoms with Gasteiger partial charge in [0.1, 0.15) is 0 Å². The minimum atomic E-state index is -0.529. The summed E-state index contributed by atoms with van der Waals surface area (Å²) in [6.45, 7) is 0.474. The normalized spacial score (nSPS) is 10.3. The van der Waals surface area contributed by atoms with Gasteiger partial charge < -0.3 is 24.6 Å². The Morgan fingerprint density at radius 3 is 2.31 bits per heavy atom. The lowest BCUT2D eigenvalue weighted by Gasteiger charge is -2.07. The molecule has 0 spiro atoms. The van der Waals surface area contributed by atoms with E-state index in [1.165, 1.54) is 14.2 Å². The van der Waals surface area contributed by atoms with Gasteiger partial charge >= 0.3 is 11.8 Å². The van der Waals surface area contributed by atoms with Gasteiger partial charge in [-0.2, -0.15) is 4.98 Å². The smallest absolute Gasteiger partial charge is 0.316 e. The van der Waals surface area contributed by atoms with Crippen LogP contribution in [0.1, 0.15) is 21.0 Å². The monoisotopic (exact) mass is 396 g/mol. The quantitative estimate of drug-likeness (QED) is 0.559. The number of hydrogen-bond acceptors (Lipinski definition) is 7. The molecular formula is C20H20N4O5. The van der Waals surface area contributed by atoms with Crippen molar-refractivity contribution in [3.63, 3.8) is 0 Å². The summed E-state index contributed by atoms with van der Waals surface area (Å²) in [7, 11) is 3.06. The molecule has 0 fully saturated rings. The van der Waals surface area contributed by atoms with Crippen molar-refractivity contribution in [1.29, 1.82) is 0 Å². The third-order valence-electron chi connectivity index (χ3n) is 3.99. The van der Waals surface area contributed by atoms with Crippen LogP contribution in [0.2, 0.25) is 0 Å². The van der Waals surface area contributed by atoms with E-state index in [0.29, 0.717) is 22.6 Å². The Labute approximate surface area is 167 Å². The van der Waals surface area contributed by atoms with Gasteiger partial charge in [0.2, 0.25) is 5.82 Å². The average molecular weight is 396 g/mol. The fourth-order valence-electron chi connectivity index (χ4n) is 2.53. The zero-order valence-electron chi connectivity index (χ0n) is 16.0. The molecular weight excluding hydrogens is 376 g/mol. The van der Waals surface area contributed by atoms with Gasteiger partial charge in [-0.25, -0.2) is 0 Å². The zero-order valence-corrected chi connectivity index (χ0v) is 16.0. The highest BCUT2D eigenvalue weighted by Gasteiger charge is 2.17. The van der Waals surface area contributed by atoms with E-state index in [0.717, 1.165) is 0 Å². The maximum absolute atomic E-state index is 12.2. The summed E-state index contributed by atoms with van der Waals surface area (Å²) < 4.78 is 15.5. The number of amides is 2. The van der Waals surface area contributed by atoms with E-state index >= 15 is 0 Å². The van der Waals surface area contributed by atoms with Gasteiger partial charge in [0, 0.05) is 24.2 Å². The Kier molecular flexibility index (Phi) is 6.41. The topological polar surface area (TPSA) is 116 Å². The van der Waals surface area contributed by atoms with Crippen LogP contribution in [0.4, 0.5) is 0 Å². The standard InChI is InChI=1S/C20H20N4O5/c1-27-15-9-8-14(12-16(15)28-2)17-23-20(29-24-17)19(26)22-11-10-21-18(25)13-6-4-3-5-7-13/h3-9,12H,10-11H2,1-2H3,(H,21,25)(H,22,26). The number of rotatable bonds is 8. The van der Waals surface area contributed by atoms with Crippen molar-refractivity contribution in [3.05, 3.63) is 60.0 Å². The van der Waals surface area contributed by atoms with Gasteiger partial charge in [0.25, 0.3) is 5.91 Å². The second kappa shape index (κ2) is 9.36. The molecule has 150 valence electrons. The van der Waals surface area contributed by atoms with E-state index in [1.54, 1.807) is 42.5 Å². The molecule has 0 radical (unpaired) electrons. The van der Waals surface area contributed by atoms with Gasteiger partial charge in [-0.3, -0.25) is 9.59 Å². The van der Waals surface area contributed by atoms with Gasteiger partial charge in [0.15, 0.2) is 11.5 Å². The highest BCUT2D eigenvalue weighted by Crippen LogP contribution is 2.31. The molecule has 0 saturated carbocycles. The number of carbonyl (C=O) groups is 2. The molecule has 2 aromatic carbocycles. The van der Waals surface area contributed by atoms with Crippen LogP contribution in [-0.2, 0) is 0 Å². The number of ether oxygens (including phenoxy) is 2. The minimum absolute atomic E-state index is 0.177. The molecule has 2 N–H and O–H groups in total. The molecule has 0 bridgehead atoms. The first kappa shape index (κ1) is 19.9. The molecule has 0 aliphatic rings. The number of aromatic nitrogens is 2. The lowest BCUT2D eigenvalue weighted by Crippen LogP contribution is -2.34. The zero-order chi connectivity index (χ0) is 20.6. The summed E-state index contributed by atoms with van der Waals surface area (Å²) in [5.41, 5.74) is 1.16. The van der Waals surface area contributed by atoms with Crippen molar-refractivity contribution in [1.82, 2.24) is 20.8 Å². The second-order valence-electron chi connectivity index (χ2n) is 5.87. The van der Waals surface area contributed by atoms with E-state index in [-0.39, 0.29) is 30.7 Å². The Hall–Kier alpha value is -3.88. The van der Waals surface area contributed by atoms with Crippen molar-refractivity contribution in [2.24, 2.45) is 0 Å². The second-order valence-corrected chi connectivity index (χ2v) is 5.87. The Bertz CT molecular complexity index is 988. The van der Waals surface area contributed by atoms with Crippen LogP contribution in [0.15, 0.2) is 53.1 Å². The highest BCUT2D eigenvalue weighted by atomic mass is 16.5. The largest absolute Gasteiger partial charge is 0.493 e. The average Bonchev–Trinajstić information content (AvgIpc) is 3.27. The lowest BCUT2D eigenvalue weighted by molar-refractivity contribution is 0.0898. The van der Waals surface area contributed by atoms with Crippen LogP contribution in [0, 0.1) is 0 Å². The number of hydrogen-bond donors (Lipinski definition) is 2. The molecule has 29 heavy (non-hydrogen) atoms. The van der Waals surface area contributed by atoms with Crippen LogP contribution < -0.4 is 20.1 Å². The molecule has 1 heterocycles. The van der Waals surface area contributed by atoms with E-state index in [2.05, 4.69) is 20.8 Å². The Balaban J connectivity index is 1.54. The molecule has 0 atom stereocenters. The Morgan fingerprint density at radius 1 is 0.931 bits per heavy atom. The highest BCUT2D eigenvalue weighted by molar-refractivity contribution is 5.94. The predicted octanol–water partition coefficient (Wildman–Crippen LogP) is 1.91. The number of carbonyl (C=O) groups excluding carboxylic acids is 2. The molecule has 0 unspecified atom stereocenters. The molecule has 1 aromatic heterocycles. The summed E-state index contributed by atoms with van der Waals surface area (Å²) in [5, 5.41) is 9.15. The van der Waals surface area contributed by atoms with Gasteiger partial charge in [-0.05, 0) is 30.3 Å². The number of nitrogens with zero attached hydrogens (tertiary/aromatic N) is 2. The third-order valence-corrected chi connectivity index (χ3v) is 3.99. The Morgan fingerprint density at radius 2 is 1.62 bits per heavy atom. The first-order valence-electron chi connectivity index (χ1n) is 8.80. The first-order chi connectivity index (χ1) is 14.1. The van der Waals surface area contributed by atoms with Crippen LogP contribution in [0.25, 0.3) is 11.4 Å². The molecule has 0 aliphatic heterocycles. The third kappa shape index (κ3) is 4.89. The van der Waals surface area contributed by atoms with Crippen molar-refractivity contribution in [2.45, 2.75) is 0 Å². The summed E-state index contributed by atoms with van der Waals surface area (Å²) >= 11 is 0. The molecule has 3 aromatic rings. The maximum Gasteiger partial charge on any atom is 0.316 e. The van der Waals surface area contributed by atoms with E-state index < -0.39 is 5.91 Å². The SMILES string of the molecule is COc1ccc(-c2noc(C(=O)NCCNC(=O)c3ccccc3)n2)cc1OC. The van der Waals surface area contributed by atoms with Gasteiger partial charge in [-0.15, -0.1) is 0 Å². The summed E-state index contributed by atoms with van der Waals surface area (Å²) in [5.74, 6) is 0.398. The molecule has 0 saturated heterocycles. The van der Waals surface area contributed by atoms with Gasteiger partial charge in [-0.1, -0.05) is 23.4 Å². The minimum Gasteiger partial charge on any atom is -0.493 e. The molecule has 9 nitrogen and oxygen atoms in total. The van der Waals surface area contributed by atoms with Crippen LogP contribution >= 0.6 is 0 Å². The van der Waals surface area contributed by atoms with E-state index in [4.69, 9.17) is 14.0 Å².